The third-order valence-corrected chi connectivity index (χ3v) is 3.59. The zero-order valence-corrected chi connectivity index (χ0v) is 11.9. The number of halogens is 2. The lowest BCUT2D eigenvalue weighted by atomic mass is 9.97. The first-order chi connectivity index (χ1) is 10.4. The zero-order chi connectivity index (χ0) is 16.3. The number of carbonyl (C=O) groups excluding carboxylic acids is 1. The molecule has 0 atom stereocenters. The third-order valence-electron chi connectivity index (χ3n) is 3.59. The number of rotatable bonds is 3. The molecule has 1 aromatic carbocycles. The minimum atomic E-state index is -0.914. The number of urea groups is 1. The van der Waals surface area contributed by atoms with Crippen molar-refractivity contribution in [1.82, 2.24) is 4.90 Å². The van der Waals surface area contributed by atoms with Crippen LogP contribution in [0.2, 0.25) is 0 Å². The van der Waals surface area contributed by atoms with Gasteiger partial charge in [-0.25, -0.2) is 13.6 Å². The number of carboxylic acid groups (broad SMARTS) is 1. The summed E-state index contributed by atoms with van der Waals surface area (Å²) in [6.07, 6.45) is 0.710. The number of nitrogens with one attached hydrogen (secondary N) is 1. The van der Waals surface area contributed by atoms with Gasteiger partial charge in [0.25, 0.3) is 0 Å². The van der Waals surface area contributed by atoms with Crippen LogP contribution in [0.1, 0.15) is 12.8 Å². The molecule has 0 aliphatic carbocycles. The topological polar surface area (TPSA) is 78.9 Å². The van der Waals surface area contributed by atoms with Crippen molar-refractivity contribution in [3.05, 3.63) is 23.8 Å². The molecule has 2 amide bonds. The lowest BCUT2D eigenvalue weighted by Gasteiger charge is -2.30. The highest BCUT2D eigenvalue weighted by atomic mass is 19.1. The Morgan fingerprint density at radius 2 is 1.82 bits per heavy atom. The van der Waals surface area contributed by atoms with E-state index in [-0.39, 0.29) is 18.8 Å². The molecule has 1 heterocycles. The van der Waals surface area contributed by atoms with Crippen LogP contribution in [0.25, 0.3) is 0 Å². The molecule has 1 fully saturated rings. The summed E-state index contributed by atoms with van der Waals surface area (Å²) in [6.45, 7) is 0.563. The summed E-state index contributed by atoms with van der Waals surface area (Å²) in [5.41, 5.74) is -0.0267. The van der Waals surface area contributed by atoms with Gasteiger partial charge in [-0.3, -0.25) is 4.79 Å². The van der Waals surface area contributed by atoms with E-state index >= 15 is 0 Å². The second-order valence-electron chi connectivity index (χ2n) is 5.00. The van der Waals surface area contributed by atoms with Gasteiger partial charge in [0.1, 0.15) is 0 Å². The number of carbonyl (C=O) groups is 2. The van der Waals surface area contributed by atoms with Gasteiger partial charge in [-0.05, 0) is 12.8 Å². The lowest BCUT2D eigenvalue weighted by molar-refractivity contribution is -0.143. The fourth-order valence-electron chi connectivity index (χ4n) is 2.36. The number of carboxylic acids is 1. The van der Waals surface area contributed by atoms with E-state index in [4.69, 9.17) is 5.11 Å². The van der Waals surface area contributed by atoms with Crippen molar-refractivity contribution in [3.63, 3.8) is 0 Å². The summed E-state index contributed by atoms with van der Waals surface area (Å²) in [7, 11) is 1.15. The van der Waals surface area contributed by atoms with Gasteiger partial charge in [-0.2, -0.15) is 0 Å². The van der Waals surface area contributed by atoms with Crippen LogP contribution in [-0.2, 0) is 4.79 Å². The molecule has 1 aliphatic heterocycles. The third kappa shape index (κ3) is 3.44. The van der Waals surface area contributed by atoms with Gasteiger partial charge in [-0.1, -0.05) is 0 Å². The second kappa shape index (κ2) is 6.59. The molecule has 0 spiro atoms. The SMILES string of the molecule is COc1c(F)cc(NC(=O)N2CCC(C(=O)O)CC2)cc1F. The number of methoxy groups -OCH3 is 1. The van der Waals surface area contributed by atoms with Gasteiger partial charge in [0.2, 0.25) is 0 Å². The van der Waals surface area contributed by atoms with Gasteiger partial charge in [0.05, 0.1) is 13.0 Å². The second-order valence-corrected chi connectivity index (χ2v) is 5.00. The maximum absolute atomic E-state index is 13.5. The van der Waals surface area contributed by atoms with E-state index in [1.165, 1.54) is 4.90 Å². The van der Waals surface area contributed by atoms with Gasteiger partial charge >= 0.3 is 12.0 Å². The van der Waals surface area contributed by atoms with Crippen LogP contribution >= 0.6 is 0 Å². The zero-order valence-electron chi connectivity index (χ0n) is 11.9. The number of hydrogen-bond donors (Lipinski definition) is 2. The number of benzene rings is 1. The highest BCUT2D eigenvalue weighted by Crippen LogP contribution is 2.26. The Bertz CT molecular complexity index is 563. The average molecular weight is 314 g/mol. The van der Waals surface area contributed by atoms with E-state index in [2.05, 4.69) is 10.1 Å². The van der Waals surface area contributed by atoms with E-state index in [1.807, 2.05) is 0 Å². The van der Waals surface area contributed by atoms with E-state index in [0.29, 0.717) is 12.8 Å². The molecule has 1 saturated heterocycles. The standard InChI is InChI=1S/C14H16F2N2O4/c1-22-12-10(15)6-9(7-11(12)16)17-14(21)18-4-2-8(3-5-18)13(19)20/h6-8H,2-5H2,1H3,(H,17,21)(H,19,20). The van der Waals surface area contributed by atoms with Gasteiger partial charge in [-0.15, -0.1) is 0 Å². The summed E-state index contributed by atoms with van der Waals surface area (Å²) in [5.74, 6) is -3.68. The van der Waals surface area contributed by atoms with Crippen LogP contribution in [0.5, 0.6) is 5.75 Å². The largest absolute Gasteiger partial charge is 0.491 e. The predicted octanol–water partition coefficient (Wildman–Crippen LogP) is 2.30. The van der Waals surface area contributed by atoms with Crippen LogP contribution in [-0.4, -0.2) is 42.2 Å². The molecular weight excluding hydrogens is 298 g/mol. The number of likely N-dealkylation sites (tertiary alicyclic amines) is 1. The Morgan fingerprint density at radius 3 is 2.27 bits per heavy atom. The Morgan fingerprint density at radius 1 is 1.27 bits per heavy atom. The Hall–Kier alpha value is -2.38. The fraction of sp³-hybridized carbons (Fsp3) is 0.429. The van der Waals surface area contributed by atoms with E-state index in [0.717, 1.165) is 19.2 Å². The van der Waals surface area contributed by atoms with Crippen molar-refractivity contribution >= 4 is 17.7 Å². The number of amides is 2. The average Bonchev–Trinajstić information content (AvgIpc) is 2.47. The van der Waals surface area contributed by atoms with E-state index in [9.17, 15) is 18.4 Å². The first-order valence-electron chi connectivity index (χ1n) is 6.74. The van der Waals surface area contributed by atoms with Crippen LogP contribution in [0, 0.1) is 17.6 Å². The van der Waals surface area contributed by atoms with Crippen LogP contribution in [0.15, 0.2) is 12.1 Å². The summed E-state index contributed by atoms with van der Waals surface area (Å²) in [4.78, 5) is 24.3. The van der Waals surface area contributed by atoms with Crippen LogP contribution < -0.4 is 10.1 Å². The molecule has 0 saturated carbocycles. The first kappa shape index (κ1) is 16.0. The lowest BCUT2D eigenvalue weighted by Crippen LogP contribution is -2.42. The highest BCUT2D eigenvalue weighted by molar-refractivity contribution is 5.89. The van der Waals surface area contributed by atoms with Crippen LogP contribution in [0.4, 0.5) is 19.3 Å². The Balaban J connectivity index is 2.00. The number of ether oxygens (including phenoxy) is 1. The Kier molecular flexibility index (Phi) is 4.79. The number of piperidine rings is 1. The fourth-order valence-corrected chi connectivity index (χ4v) is 2.36. The molecule has 22 heavy (non-hydrogen) atoms. The van der Waals surface area contributed by atoms with Crippen molar-refractivity contribution in [3.8, 4) is 5.75 Å². The maximum Gasteiger partial charge on any atom is 0.321 e. The molecule has 1 aromatic rings. The van der Waals surface area contributed by atoms with Crippen molar-refractivity contribution < 1.29 is 28.2 Å². The normalized spacial score (nSPS) is 15.5. The molecule has 120 valence electrons. The Labute approximate surface area is 125 Å². The molecule has 1 aliphatic rings. The monoisotopic (exact) mass is 314 g/mol. The minimum Gasteiger partial charge on any atom is -0.491 e. The van der Waals surface area contributed by atoms with Gasteiger partial charge in [0.15, 0.2) is 17.4 Å². The molecule has 8 heteroatoms. The van der Waals surface area contributed by atoms with E-state index < -0.39 is 35.3 Å². The molecule has 0 unspecified atom stereocenters. The molecule has 6 nitrogen and oxygen atoms in total. The van der Waals surface area contributed by atoms with Crippen molar-refractivity contribution in [2.45, 2.75) is 12.8 Å². The van der Waals surface area contributed by atoms with Crippen molar-refractivity contribution in [2.24, 2.45) is 5.92 Å². The maximum atomic E-state index is 13.5. The van der Waals surface area contributed by atoms with Gasteiger partial charge in [0, 0.05) is 30.9 Å². The quantitative estimate of drug-likeness (QED) is 0.897. The highest BCUT2D eigenvalue weighted by Gasteiger charge is 2.27. The van der Waals surface area contributed by atoms with Gasteiger partial charge < -0.3 is 20.1 Å². The van der Waals surface area contributed by atoms with Crippen molar-refractivity contribution in [1.29, 1.82) is 0 Å². The number of anilines is 1. The summed E-state index contributed by atoms with van der Waals surface area (Å²) in [6, 6.07) is 1.40. The molecule has 0 bridgehead atoms. The number of hydrogen-bond acceptors (Lipinski definition) is 3. The van der Waals surface area contributed by atoms with Crippen molar-refractivity contribution in [2.75, 3.05) is 25.5 Å². The molecular formula is C14H16F2N2O4. The minimum absolute atomic E-state index is 0.0267. The number of aliphatic carboxylic acids is 1. The summed E-state index contributed by atoms with van der Waals surface area (Å²) < 4.78 is 31.7. The smallest absolute Gasteiger partial charge is 0.321 e. The van der Waals surface area contributed by atoms with Crippen LogP contribution in [0.3, 0.4) is 0 Å². The first-order valence-corrected chi connectivity index (χ1v) is 6.74. The molecule has 0 aromatic heterocycles. The van der Waals surface area contributed by atoms with E-state index in [1.54, 1.807) is 0 Å². The summed E-state index contributed by atoms with van der Waals surface area (Å²) >= 11 is 0. The molecule has 2 N–H and O–H groups in total. The number of nitrogens with zero attached hydrogens (tertiary/aromatic N) is 1. The molecule has 2 rings (SSSR count). The molecule has 0 radical (unpaired) electrons. The predicted molar refractivity (Wildman–Crippen MR) is 73.9 cm³/mol. The summed E-state index contributed by atoms with van der Waals surface area (Å²) in [5, 5.41) is 11.3.